The van der Waals surface area contributed by atoms with E-state index >= 15 is 0 Å². The van der Waals surface area contributed by atoms with Gasteiger partial charge in [-0.1, -0.05) is 31.5 Å². The van der Waals surface area contributed by atoms with Gasteiger partial charge in [0.25, 0.3) is 0 Å². The standard InChI is InChI=1S/C22H30N2O4/c1-6-18-13(2)11-22(26)20(15(4)28-21(22)25)19(18)10-9-17-8-7-16(12-23-17)14(3)24-27-5/h7-10,12-13,15,18-20,26H,6,11H2,1-5H3/t13?,15-,18?,19?,20?,22?/m1/s1. The first-order valence-corrected chi connectivity index (χ1v) is 9.97. The van der Waals surface area contributed by atoms with E-state index in [1.165, 1.54) is 7.11 Å². The van der Waals surface area contributed by atoms with Crippen molar-refractivity contribution in [3.8, 4) is 0 Å². The zero-order valence-corrected chi connectivity index (χ0v) is 17.3. The summed E-state index contributed by atoms with van der Waals surface area (Å²) in [6.45, 7) is 8.03. The number of cyclic esters (lactones) is 1. The third-order valence-corrected chi connectivity index (χ3v) is 6.37. The maximum atomic E-state index is 12.3. The number of nitrogens with zero attached hydrogens (tertiary/aromatic N) is 2. The number of ether oxygens (including phenoxy) is 1. The van der Waals surface area contributed by atoms with Gasteiger partial charge in [-0.15, -0.1) is 0 Å². The summed E-state index contributed by atoms with van der Waals surface area (Å²) in [5.41, 5.74) is 1.10. The van der Waals surface area contributed by atoms with Crippen molar-refractivity contribution in [2.75, 3.05) is 7.11 Å². The molecule has 6 heteroatoms. The van der Waals surface area contributed by atoms with Gasteiger partial charge < -0.3 is 14.7 Å². The van der Waals surface area contributed by atoms with Crippen molar-refractivity contribution < 1.29 is 19.5 Å². The van der Waals surface area contributed by atoms with Crippen molar-refractivity contribution >= 4 is 17.8 Å². The molecule has 1 aromatic rings. The van der Waals surface area contributed by atoms with Crippen LogP contribution in [0.2, 0.25) is 0 Å². The van der Waals surface area contributed by atoms with E-state index in [9.17, 15) is 9.90 Å². The molecule has 28 heavy (non-hydrogen) atoms. The van der Waals surface area contributed by atoms with Crippen LogP contribution in [0.1, 0.15) is 51.8 Å². The van der Waals surface area contributed by atoms with Gasteiger partial charge in [-0.05, 0) is 56.2 Å². The number of hydrogen-bond acceptors (Lipinski definition) is 6. The fourth-order valence-corrected chi connectivity index (χ4v) is 5.06. The highest BCUT2D eigenvalue weighted by Crippen LogP contribution is 2.52. The van der Waals surface area contributed by atoms with Crippen LogP contribution in [0.15, 0.2) is 29.6 Å². The van der Waals surface area contributed by atoms with Crippen molar-refractivity contribution in [2.45, 2.75) is 52.2 Å². The molecular weight excluding hydrogens is 356 g/mol. The molecule has 1 aliphatic heterocycles. The van der Waals surface area contributed by atoms with Gasteiger partial charge >= 0.3 is 5.97 Å². The number of aromatic nitrogens is 1. The van der Waals surface area contributed by atoms with Crippen LogP contribution in [0.25, 0.3) is 6.08 Å². The van der Waals surface area contributed by atoms with Crippen LogP contribution in [0, 0.1) is 23.7 Å². The van der Waals surface area contributed by atoms with Crippen molar-refractivity contribution in [2.24, 2.45) is 28.8 Å². The number of esters is 1. The Morgan fingerprint density at radius 3 is 2.82 bits per heavy atom. The van der Waals surface area contributed by atoms with Gasteiger partial charge in [-0.2, -0.15) is 0 Å². The SMILES string of the molecule is CCC1C(C)CC2(O)C(=O)O[C@H](C)C2C1C=Cc1ccc(C(C)=NOC)cn1. The van der Waals surface area contributed by atoms with E-state index in [4.69, 9.17) is 9.57 Å². The molecular formula is C22H30N2O4. The molecule has 5 unspecified atom stereocenters. The van der Waals surface area contributed by atoms with E-state index in [2.05, 4.69) is 30.1 Å². The second-order valence-corrected chi connectivity index (χ2v) is 8.08. The van der Waals surface area contributed by atoms with Crippen molar-refractivity contribution in [3.05, 3.63) is 35.7 Å². The predicted molar refractivity (Wildman–Crippen MR) is 108 cm³/mol. The number of fused-ring (bicyclic) bond motifs is 1. The number of allylic oxidation sites excluding steroid dienone is 1. The first-order valence-electron chi connectivity index (χ1n) is 9.97. The molecule has 0 bridgehead atoms. The van der Waals surface area contributed by atoms with Gasteiger partial charge in [0.2, 0.25) is 0 Å². The minimum Gasteiger partial charge on any atom is -0.460 e. The topological polar surface area (TPSA) is 81.0 Å². The molecule has 1 N–H and O–H groups in total. The number of carbonyl (C=O) groups excluding carboxylic acids is 1. The molecule has 2 fully saturated rings. The highest BCUT2D eigenvalue weighted by molar-refractivity contribution is 5.98. The summed E-state index contributed by atoms with van der Waals surface area (Å²) in [6, 6.07) is 3.88. The fraction of sp³-hybridized carbons (Fsp3) is 0.591. The summed E-state index contributed by atoms with van der Waals surface area (Å²) in [5, 5.41) is 15.0. The van der Waals surface area contributed by atoms with E-state index in [0.29, 0.717) is 12.3 Å². The lowest BCUT2D eigenvalue weighted by Gasteiger charge is -2.45. The normalized spacial score (nSPS) is 35.7. The van der Waals surface area contributed by atoms with E-state index in [-0.39, 0.29) is 23.9 Å². The Bertz CT molecular complexity index is 773. The first-order chi connectivity index (χ1) is 13.3. The first kappa shape index (κ1) is 20.5. The highest BCUT2D eigenvalue weighted by Gasteiger charge is 2.62. The van der Waals surface area contributed by atoms with Gasteiger partial charge in [-0.3, -0.25) is 4.98 Å². The van der Waals surface area contributed by atoms with E-state index in [0.717, 1.165) is 23.4 Å². The molecule has 0 aromatic carbocycles. The lowest BCUT2D eigenvalue weighted by molar-refractivity contribution is -0.160. The maximum absolute atomic E-state index is 12.3. The predicted octanol–water partition coefficient (Wildman–Crippen LogP) is 3.44. The van der Waals surface area contributed by atoms with Crippen molar-refractivity contribution in [3.63, 3.8) is 0 Å². The van der Waals surface area contributed by atoms with Crippen LogP contribution >= 0.6 is 0 Å². The molecule has 1 saturated heterocycles. The quantitative estimate of drug-likeness (QED) is 0.476. The summed E-state index contributed by atoms with van der Waals surface area (Å²) < 4.78 is 5.44. The molecule has 3 rings (SSSR count). The van der Waals surface area contributed by atoms with E-state index < -0.39 is 11.6 Å². The Balaban J connectivity index is 1.87. The van der Waals surface area contributed by atoms with Gasteiger partial charge in [0.15, 0.2) is 5.60 Å². The van der Waals surface area contributed by atoms with Gasteiger partial charge in [0.05, 0.1) is 11.4 Å². The van der Waals surface area contributed by atoms with Crippen LogP contribution in [0.5, 0.6) is 0 Å². The highest BCUT2D eigenvalue weighted by atomic mass is 16.6. The molecule has 1 aliphatic carbocycles. The molecule has 0 amide bonds. The molecule has 2 heterocycles. The molecule has 6 atom stereocenters. The maximum Gasteiger partial charge on any atom is 0.338 e. The Hall–Kier alpha value is -2.21. The lowest BCUT2D eigenvalue weighted by Crippen LogP contribution is -2.53. The molecule has 0 spiro atoms. The Labute approximate surface area is 166 Å². The van der Waals surface area contributed by atoms with Crippen LogP contribution in [-0.4, -0.2) is 40.6 Å². The van der Waals surface area contributed by atoms with Crippen LogP contribution < -0.4 is 0 Å². The number of oxime groups is 1. The third kappa shape index (κ3) is 3.58. The fourth-order valence-electron chi connectivity index (χ4n) is 5.06. The summed E-state index contributed by atoms with van der Waals surface area (Å²) in [7, 11) is 1.52. The summed E-state index contributed by atoms with van der Waals surface area (Å²) in [5.74, 6) is -0.0257. The monoisotopic (exact) mass is 386 g/mol. The average Bonchev–Trinajstić information content (AvgIpc) is 2.88. The van der Waals surface area contributed by atoms with Crippen molar-refractivity contribution in [1.29, 1.82) is 0 Å². The third-order valence-electron chi connectivity index (χ3n) is 6.37. The molecule has 1 aromatic heterocycles. The molecule has 152 valence electrons. The number of carbonyl (C=O) groups is 1. The minimum atomic E-state index is -1.38. The Kier molecular flexibility index (Phi) is 5.89. The second-order valence-electron chi connectivity index (χ2n) is 8.08. The summed E-state index contributed by atoms with van der Waals surface area (Å²) in [6.07, 6.45) is 7.01. The second kappa shape index (κ2) is 8.03. The number of pyridine rings is 1. The average molecular weight is 386 g/mol. The van der Waals surface area contributed by atoms with Crippen LogP contribution in [-0.2, 0) is 14.4 Å². The van der Waals surface area contributed by atoms with Crippen molar-refractivity contribution in [1.82, 2.24) is 4.98 Å². The molecule has 1 saturated carbocycles. The number of hydrogen-bond donors (Lipinski definition) is 1. The summed E-state index contributed by atoms with van der Waals surface area (Å²) >= 11 is 0. The minimum absolute atomic E-state index is 0.0541. The van der Waals surface area contributed by atoms with E-state index in [1.54, 1.807) is 6.20 Å². The molecule has 0 radical (unpaired) electrons. The smallest absolute Gasteiger partial charge is 0.338 e. The lowest BCUT2D eigenvalue weighted by atomic mass is 9.59. The van der Waals surface area contributed by atoms with Gasteiger partial charge in [-0.25, -0.2) is 4.79 Å². The summed E-state index contributed by atoms with van der Waals surface area (Å²) in [4.78, 5) is 21.6. The Morgan fingerprint density at radius 2 is 2.21 bits per heavy atom. The Morgan fingerprint density at radius 1 is 1.46 bits per heavy atom. The number of aliphatic hydroxyl groups is 1. The zero-order chi connectivity index (χ0) is 20.5. The molecule has 2 aliphatic rings. The number of rotatable bonds is 5. The molecule has 6 nitrogen and oxygen atoms in total. The van der Waals surface area contributed by atoms with Gasteiger partial charge in [0, 0.05) is 17.7 Å². The van der Waals surface area contributed by atoms with E-state index in [1.807, 2.05) is 32.1 Å². The van der Waals surface area contributed by atoms with Gasteiger partial charge in [0.1, 0.15) is 13.2 Å². The van der Waals surface area contributed by atoms with Crippen LogP contribution in [0.3, 0.4) is 0 Å². The largest absolute Gasteiger partial charge is 0.460 e. The van der Waals surface area contributed by atoms with Crippen LogP contribution in [0.4, 0.5) is 0 Å². The zero-order valence-electron chi connectivity index (χ0n) is 17.3.